The molecule has 3 heteroatoms. The SMILES string of the molecule is Cc1ccccc1[C@@H](O)[C@@H]1[C@H]2CC(CCCCCN(C)C)=C[C@H]2C[C@H]1O. The summed E-state index contributed by atoms with van der Waals surface area (Å²) in [7, 11) is 4.26. The smallest absolute Gasteiger partial charge is 0.0848 e. The fourth-order valence-corrected chi connectivity index (χ4v) is 5.05. The maximum atomic E-state index is 11.0. The zero-order valence-corrected chi connectivity index (χ0v) is 16.6. The molecule has 0 radical (unpaired) electrons. The molecule has 0 unspecified atom stereocenters. The van der Waals surface area contributed by atoms with E-state index in [1.807, 2.05) is 31.2 Å². The summed E-state index contributed by atoms with van der Waals surface area (Å²) in [6.07, 6.45) is 8.32. The minimum atomic E-state index is -0.561. The van der Waals surface area contributed by atoms with Gasteiger partial charge in [0.1, 0.15) is 0 Å². The van der Waals surface area contributed by atoms with Crippen LogP contribution >= 0.6 is 0 Å². The topological polar surface area (TPSA) is 43.7 Å². The molecular weight excluding hydrogens is 322 g/mol. The molecule has 0 spiro atoms. The minimum Gasteiger partial charge on any atom is -0.393 e. The summed E-state index contributed by atoms with van der Waals surface area (Å²) in [5.74, 6) is 0.811. The second-order valence-corrected chi connectivity index (χ2v) is 8.65. The Balaban J connectivity index is 1.57. The number of aliphatic hydroxyl groups is 2. The zero-order valence-electron chi connectivity index (χ0n) is 16.6. The van der Waals surface area contributed by atoms with Crippen LogP contribution in [0.5, 0.6) is 0 Å². The fraction of sp³-hybridized carbons (Fsp3) is 0.652. The Hall–Kier alpha value is -1.16. The van der Waals surface area contributed by atoms with Gasteiger partial charge in [0.05, 0.1) is 12.2 Å². The van der Waals surface area contributed by atoms with Crippen molar-refractivity contribution in [2.24, 2.45) is 17.8 Å². The summed E-state index contributed by atoms with van der Waals surface area (Å²) in [5, 5.41) is 21.6. The third-order valence-corrected chi connectivity index (χ3v) is 6.42. The van der Waals surface area contributed by atoms with Gasteiger partial charge in [-0.1, -0.05) is 42.3 Å². The van der Waals surface area contributed by atoms with Crippen molar-refractivity contribution in [2.45, 2.75) is 57.7 Å². The van der Waals surface area contributed by atoms with Crippen molar-refractivity contribution >= 4 is 0 Å². The van der Waals surface area contributed by atoms with E-state index >= 15 is 0 Å². The molecule has 2 N–H and O–H groups in total. The van der Waals surface area contributed by atoms with Crippen molar-refractivity contribution in [3.05, 3.63) is 47.0 Å². The van der Waals surface area contributed by atoms with Crippen LogP contribution in [-0.4, -0.2) is 41.9 Å². The number of benzene rings is 1. The zero-order chi connectivity index (χ0) is 18.7. The van der Waals surface area contributed by atoms with Crippen molar-refractivity contribution < 1.29 is 10.2 Å². The van der Waals surface area contributed by atoms with Gasteiger partial charge in [-0.25, -0.2) is 0 Å². The lowest BCUT2D eigenvalue weighted by Crippen LogP contribution is -2.27. The predicted octanol–water partition coefficient (Wildman–Crippen LogP) is 4.09. The van der Waals surface area contributed by atoms with Crippen LogP contribution in [-0.2, 0) is 0 Å². The maximum absolute atomic E-state index is 11.0. The maximum Gasteiger partial charge on any atom is 0.0848 e. The first-order valence-electron chi connectivity index (χ1n) is 10.2. The van der Waals surface area contributed by atoms with E-state index in [9.17, 15) is 10.2 Å². The van der Waals surface area contributed by atoms with Crippen molar-refractivity contribution in [2.75, 3.05) is 20.6 Å². The van der Waals surface area contributed by atoms with Crippen LogP contribution in [0.25, 0.3) is 0 Å². The molecule has 1 fully saturated rings. The highest BCUT2D eigenvalue weighted by Gasteiger charge is 2.47. The molecule has 5 atom stereocenters. The van der Waals surface area contributed by atoms with E-state index < -0.39 is 12.2 Å². The molecule has 1 saturated carbocycles. The van der Waals surface area contributed by atoms with E-state index in [0.717, 1.165) is 24.0 Å². The number of hydrogen-bond acceptors (Lipinski definition) is 3. The van der Waals surface area contributed by atoms with Gasteiger partial charge in [0, 0.05) is 5.92 Å². The molecule has 0 saturated heterocycles. The number of hydrogen-bond donors (Lipinski definition) is 2. The number of nitrogens with zero attached hydrogens (tertiary/aromatic N) is 1. The number of rotatable bonds is 8. The molecule has 144 valence electrons. The van der Waals surface area contributed by atoms with Gasteiger partial charge in [-0.15, -0.1) is 0 Å². The second-order valence-electron chi connectivity index (χ2n) is 8.65. The molecule has 3 nitrogen and oxygen atoms in total. The molecule has 0 amide bonds. The van der Waals surface area contributed by atoms with Crippen LogP contribution in [0.15, 0.2) is 35.9 Å². The van der Waals surface area contributed by atoms with E-state index in [1.165, 1.54) is 32.2 Å². The summed E-state index contributed by atoms with van der Waals surface area (Å²) >= 11 is 0. The van der Waals surface area contributed by atoms with Crippen molar-refractivity contribution in [1.29, 1.82) is 0 Å². The number of aryl methyl sites for hydroxylation is 1. The molecule has 0 heterocycles. The third-order valence-electron chi connectivity index (χ3n) is 6.42. The van der Waals surface area contributed by atoms with E-state index in [0.29, 0.717) is 11.8 Å². The Labute approximate surface area is 158 Å². The van der Waals surface area contributed by atoms with Gasteiger partial charge >= 0.3 is 0 Å². The van der Waals surface area contributed by atoms with Crippen LogP contribution in [0.2, 0.25) is 0 Å². The monoisotopic (exact) mass is 357 g/mol. The summed E-state index contributed by atoms with van der Waals surface area (Å²) in [5.41, 5.74) is 3.65. The summed E-state index contributed by atoms with van der Waals surface area (Å²) < 4.78 is 0. The van der Waals surface area contributed by atoms with Gasteiger partial charge in [0.25, 0.3) is 0 Å². The van der Waals surface area contributed by atoms with E-state index in [1.54, 1.807) is 5.57 Å². The Morgan fingerprint density at radius 2 is 1.92 bits per heavy atom. The van der Waals surface area contributed by atoms with Crippen molar-refractivity contribution in [3.63, 3.8) is 0 Å². The Kier molecular flexibility index (Phi) is 6.55. The van der Waals surface area contributed by atoms with Crippen molar-refractivity contribution in [1.82, 2.24) is 4.90 Å². The Morgan fingerprint density at radius 3 is 2.65 bits per heavy atom. The lowest BCUT2D eigenvalue weighted by atomic mass is 9.81. The summed E-state index contributed by atoms with van der Waals surface area (Å²) in [6, 6.07) is 8.04. The molecule has 1 aromatic carbocycles. The van der Waals surface area contributed by atoms with Gasteiger partial charge in [-0.2, -0.15) is 0 Å². The van der Waals surface area contributed by atoms with Crippen LogP contribution in [0.3, 0.4) is 0 Å². The Bertz CT molecular complexity index is 624. The molecule has 2 aliphatic carbocycles. The quantitative estimate of drug-likeness (QED) is 0.544. The van der Waals surface area contributed by atoms with E-state index in [2.05, 4.69) is 25.1 Å². The summed E-state index contributed by atoms with van der Waals surface area (Å²) in [4.78, 5) is 2.25. The van der Waals surface area contributed by atoms with Crippen LogP contribution in [0.4, 0.5) is 0 Å². The van der Waals surface area contributed by atoms with Crippen LogP contribution < -0.4 is 0 Å². The van der Waals surface area contributed by atoms with Gasteiger partial charge in [-0.05, 0) is 82.6 Å². The van der Waals surface area contributed by atoms with Gasteiger partial charge in [0.15, 0.2) is 0 Å². The highest BCUT2D eigenvalue weighted by atomic mass is 16.3. The first kappa shape index (κ1) is 19.6. The lowest BCUT2D eigenvalue weighted by molar-refractivity contribution is 0.0106. The molecule has 0 aliphatic heterocycles. The van der Waals surface area contributed by atoms with Crippen LogP contribution in [0.1, 0.15) is 55.8 Å². The normalized spacial score (nSPS) is 29.1. The highest BCUT2D eigenvalue weighted by molar-refractivity contribution is 5.30. The first-order chi connectivity index (χ1) is 12.5. The standard InChI is InChI=1S/C23H35NO2/c1-16-9-6-7-11-19(16)23(26)22-20-14-17(13-18(20)15-21(22)25)10-5-4-8-12-24(2)3/h6-7,9,11,13,18,20-23,25-26H,4-5,8,10,12,14-15H2,1-3H3/t18-,20-,21+,22+,23+/m0/s1. The third kappa shape index (κ3) is 4.39. The van der Waals surface area contributed by atoms with E-state index in [-0.39, 0.29) is 5.92 Å². The average Bonchev–Trinajstić information content (AvgIpc) is 3.10. The fourth-order valence-electron chi connectivity index (χ4n) is 5.05. The molecule has 0 bridgehead atoms. The number of fused-ring (bicyclic) bond motifs is 1. The van der Waals surface area contributed by atoms with Crippen LogP contribution in [0, 0.1) is 24.7 Å². The lowest BCUT2D eigenvalue weighted by Gasteiger charge is -2.28. The number of allylic oxidation sites excluding steroid dienone is 2. The predicted molar refractivity (Wildman–Crippen MR) is 107 cm³/mol. The first-order valence-corrected chi connectivity index (χ1v) is 10.2. The summed E-state index contributed by atoms with van der Waals surface area (Å²) in [6.45, 7) is 3.21. The highest BCUT2D eigenvalue weighted by Crippen LogP contribution is 2.51. The second kappa shape index (κ2) is 8.69. The van der Waals surface area contributed by atoms with Gasteiger partial charge in [0.2, 0.25) is 0 Å². The number of aliphatic hydroxyl groups excluding tert-OH is 2. The molecule has 3 rings (SSSR count). The molecule has 0 aromatic heterocycles. The molecular formula is C23H35NO2. The molecule has 2 aliphatic rings. The largest absolute Gasteiger partial charge is 0.393 e. The Morgan fingerprint density at radius 1 is 1.15 bits per heavy atom. The van der Waals surface area contributed by atoms with E-state index in [4.69, 9.17) is 0 Å². The minimum absolute atomic E-state index is 0.0383. The number of unbranched alkanes of at least 4 members (excludes halogenated alkanes) is 2. The van der Waals surface area contributed by atoms with Gasteiger partial charge < -0.3 is 15.1 Å². The van der Waals surface area contributed by atoms with Crippen molar-refractivity contribution in [3.8, 4) is 0 Å². The van der Waals surface area contributed by atoms with Gasteiger partial charge in [-0.3, -0.25) is 0 Å². The average molecular weight is 358 g/mol. The molecule has 26 heavy (non-hydrogen) atoms. The molecule has 1 aromatic rings.